The zero-order chi connectivity index (χ0) is 15.7. The monoisotopic (exact) mass is 314 g/mol. The fraction of sp³-hybridized carbons (Fsp3) is 0.125. The Hall–Kier alpha value is -2.47. The molecule has 3 rings (SSSR count). The van der Waals surface area contributed by atoms with Crippen LogP contribution in [0.25, 0.3) is 11.0 Å². The molecule has 0 fully saturated rings. The van der Waals surface area contributed by atoms with Gasteiger partial charge in [0, 0.05) is 13.1 Å². The summed E-state index contributed by atoms with van der Waals surface area (Å²) < 4.78 is 1.93. The second-order valence-corrected chi connectivity index (χ2v) is 5.80. The van der Waals surface area contributed by atoms with Crippen LogP contribution in [0.15, 0.2) is 47.6 Å². The predicted molar refractivity (Wildman–Crippen MR) is 85.5 cm³/mol. The number of aromatic hydroxyl groups is 2. The summed E-state index contributed by atoms with van der Waals surface area (Å²) >= 11 is 1.32. The number of aryl methyl sites for hydroxylation is 1. The lowest BCUT2D eigenvalue weighted by molar-refractivity contribution is 0.102. The Labute approximate surface area is 131 Å². The molecule has 3 aromatic rings. The smallest absolute Gasteiger partial charge is 0.176 e. The topological polar surface area (TPSA) is 75.4 Å². The van der Waals surface area contributed by atoms with Gasteiger partial charge in [0.25, 0.3) is 0 Å². The van der Waals surface area contributed by atoms with E-state index in [0.29, 0.717) is 0 Å². The Balaban J connectivity index is 1.79. The highest BCUT2D eigenvalue weighted by molar-refractivity contribution is 7.99. The first kappa shape index (κ1) is 14.5. The van der Waals surface area contributed by atoms with Gasteiger partial charge in [-0.1, -0.05) is 23.9 Å². The Morgan fingerprint density at radius 2 is 2.00 bits per heavy atom. The quantitative estimate of drug-likeness (QED) is 0.572. The minimum absolute atomic E-state index is 0.0722. The van der Waals surface area contributed by atoms with E-state index in [0.717, 1.165) is 22.3 Å². The van der Waals surface area contributed by atoms with Gasteiger partial charge in [-0.2, -0.15) is 0 Å². The van der Waals surface area contributed by atoms with Crippen LogP contribution < -0.4 is 0 Å². The molecule has 0 saturated carbocycles. The van der Waals surface area contributed by atoms with Gasteiger partial charge < -0.3 is 14.8 Å². The number of benzene rings is 2. The molecule has 0 bridgehead atoms. The van der Waals surface area contributed by atoms with E-state index in [1.165, 1.54) is 23.9 Å². The third-order valence-corrected chi connectivity index (χ3v) is 4.39. The summed E-state index contributed by atoms with van der Waals surface area (Å²) in [7, 11) is 1.90. The van der Waals surface area contributed by atoms with Crippen LogP contribution in [0.4, 0.5) is 0 Å². The van der Waals surface area contributed by atoms with Crippen molar-refractivity contribution < 1.29 is 15.0 Å². The second kappa shape index (κ2) is 5.73. The second-order valence-electron chi connectivity index (χ2n) is 4.86. The molecule has 0 spiro atoms. The fourth-order valence-corrected chi connectivity index (χ4v) is 3.09. The molecule has 5 nitrogen and oxygen atoms in total. The number of Topliss-reactive ketones (excluding diaryl/α,β-unsaturated/α-hetero) is 1. The highest BCUT2D eigenvalue weighted by Gasteiger charge is 2.14. The fourth-order valence-electron chi connectivity index (χ4n) is 2.22. The van der Waals surface area contributed by atoms with Crippen LogP contribution in [0.1, 0.15) is 10.4 Å². The number of hydrogen-bond donors (Lipinski definition) is 2. The van der Waals surface area contributed by atoms with Crippen molar-refractivity contribution in [3.8, 4) is 11.5 Å². The van der Waals surface area contributed by atoms with E-state index < -0.39 is 0 Å². The molecule has 0 aliphatic heterocycles. The first-order valence-electron chi connectivity index (χ1n) is 6.65. The number of nitrogens with zero attached hydrogens (tertiary/aromatic N) is 2. The highest BCUT2D eigenvalue weighted by atomic mass is 32.2. The van der Waals surface area contributed by atoms with Crippen molar-refractivity contribution in [3.63, 3.8) is 0 Å². The third kappa shape index (κ3) is 2.65. The zero-order valence-corrected chi connectivity index (χ0v) is 12.7. The molecule has 0 aliphatic carbocycles. The molecule has 0 amide bonds. The maximum atomic E-state index is 12.2. The number of fused-ring (bicyclic) bond motifs is 1. The highest BCUT2D eigenvalue weighted by Crippen LogP contribution is 2.27. The van der Waals surface area contributed by atoms with Crippen LogP contribution in [0.5, 0.6) is 11.5 Å². The molecular weight excluding hydrogens is 300 g/mol. The standard InChI is InChI=1S/C16H14N2O3S/c1-18-13-5-3-2-4-12(13)17-16(18)22-9-15(21)11-7-6-10(19)8-14(11)20/h2-8,19-20H,9H2,1H3. The maximum Gasteiger partial charge on any atom is 0.176 e. The number of thioether (sulfide) groups is 1. The lowest BCUT2D eigenvalue weighted by atomic mass is 10.1. The first-order chi connectivity index (χ1) is 10.6. The predicted octanol–water partition coefficient (Wildman–Crippen LogP) is 2.96. The summed E-state index contributed by atoms with van der Waals surface area (Å²) in [5.74, 6) is -0.336. The number of ketones is 1. The van der Waals surface area contributed by atoms with Crippen molar-refractivity contribution in [2.24, 2.45) is 7.05 Å². The normalized spacial score (nSPS) is 11.0. The van der Waals surface area contributed by atoms with Crippen LogP contribution in [-0.4, -0.2) is 31.3 Å². The number of carbonyl (C=O) groups is 1. The van der Waals surface area contributed by atoms with Gasteiger partial charge >= 0.3 is 0 Å². The van der Waals surface area contributed by atoms with E-state index in [9.17, 15) is 15.0 Å². The maximum absolute atomic E-state index is 12.2. The minimum atomic E-state index is -0.213. The van der Waals surface area contributed by atoms with Gasteiger partial charge in [0.1, 0.15) is 11.5 Å². The average Bonchev–Trinajstić information content (AvgIpc) is 2.82. The molecule has 1 aromatic heterocycles. The third-order valence-electron chi connectivity index (χ3n) is 3.36. The molecule has 0 atom stereocenters. The van der Waals surface area contributed by atoms with E-state index >= 15 is 0 Å². The molecule has 0 saturated heterocycles. The van der Waals surface area contributed by atoms with Gasteiger partial charge in [0.2, 0.25) is 0 Å². The van der Waals surface area contributed by atoms with Crippen LogP contribution >= 0.6 is 11.8 Å². The van der Waals surface area contributed by atoms with Crippen LogP contribution in [0, 0.1) is 0 Å². The minimum Gasteiger partial charge on any atom is -0.508 e. The van der Waals surface area contributed by atoms with Crippen LogP contribution in [0.2, 0.25) is 0 Å². The molecule has 0 unspecified atom stereocenters. The number of para-hydroxylation sites is 2. The van der Waals surface area contributed by atoms with Crippen LogP contribution in [0.3, 0.4) is 0 Å². The molecule has 112 valence electrons. The summed E-state index contributed by atoms with van der Waals surface area (Å²) in [5, 5.41) is 19.7. The first-order valence-corrected chi connectivity index (χ1v) is 7.64. The van der Waals surface area contributed by atoms with Gasteiger partial charge in [-0.3, -0.25) is 4.79 Å². The van der Waals surface area contributed by atoms with Gasteiger partial charge in [-0.05, 0) is 24.3 Å². The Bertz CT molecular complexity index is 858. The van der Waals surface area contributed by atoms with E-state index in [-0.39, 0.29) is 28.6 Å². The Morgan fingerprint density at radius 1 is 1.23 bits per heavy atom. The molecule has 22 heavy (non-hydrogen) atoms. The van der Waals surface area contributed by atoms with E-state index in [4.69, 9.17) is 0 Å². The Kier molecular flexibility index (Phi) is 3.77. The largest absolute Gasteiger partial charge is 0.508 e. The summed E-state index contributed by atoms with van der Waals surface area (Å²) in [6, 6.07) is 11.7. The van der Waals surface area contributed by atoms with E-state index in [1.54, 1.807) is 0 Å². The molecule has 2 aromatic carbocycles. The number of hydrogen-bond acceptors (Lipinski definition) is 5. The zero-order valence-electron chi connectivity index (χ0n) is 11.9. The van der Waals surface area contributed by atoms with Gasteiger partial charge in [0.05, 0.1) is 22.3 Å². The number of imidazole rings is 1. The van der Waals surface area contributed by atoms with Gasteiger partial charge in [-0.15, -0.1) is 0 Å². The van der Waals surface area contributed by atoms with Crippen molar-refractivity contribution in [3.05, 3.63) is 48.0 Å². The SMILES string of the molecule is Cn1c(SCC(=O)c2ccc(O)cc2O)nc2ccccc21. The molecule has 2 N–H and O–H groups in total. The van der Waals surface area contributed by atoms with Crippen LogP contribution in [-0.2, 0) is 7.05 Å². The molecule has 0 aliphatic rings. The van der Waals surface area contributed by atoms with Crippen molar-refractivity contribution in [2.75, 3.05) is 5.75 Å². The van der Waals surface area contributed by atoms with Gasteiger partial charge in [0.15, 0.2) is 10.9 Å². The lowest BCUT2D eigenvalue weighted by Gasteiger charge is -2.04. The van der Waals surface area contributed by atoms with Crippen molar-refractivity contribution in [1.82, 2.24) is 9.55 Å². The molecule has 6 heteroatoms. The summed E-state index contributed by atoms with van der Waals surface area (Å²) in [6.07, 6.45) is 0. The molecular formula is C16H14N2O3S. The number of carbonyl (C=O) groups excluding carboxylic acids is 1. The van der Waals surface area contributed by atoms with E-state index in [2.05, 4.69) is 4.98 Å². The summed E-state index contributed by atoms with van der Waals surface area (Å²) in [4.78, 5) is 16.7. The lowest BCUT2D eigenvalue weighted by Crippen LogP contribution is -2.04. The summed E-state index contributed by atoms with van der Waals surface area (Å²) in [5.41, 5.74) is 2.08. The molecule has 0 radical (unpaired) electrons. The van der Waals surface area contributed by atoms with Gasteiger partial charge in [-0.25, -0.2) is 4.98 Å². The Morgan fingerprint density at radius 3 is 2.73 bits per heavy atom. The summed E-state index contributed by atoms with van der Waals surface area (Å²) in [6.45, 7) is 0. The van der Waals surface area contributed by atoms with Crippen molar-refractivity contribution in [1.29, 1.82) is 0 Å². The van der Waals surface area contributed by atoms with Crippen molar-refractivity contribution >= 4 is 28.6 Å². The average molecular weight is 314 g/mol. The molecule has 1 heterocycles. The number of rotatable bonds is 4. The van der Waals surface area contributed by atoms with Crippen molar-refractivity contribution in [2.45, 2.75) is 5.16 Å². The van der Waals surface area contributed by atoms with E-state index in [1.807, 2.05) is 35.9 Å². The number of aromatic nitrogens is 2. The number of phenols is 2. The number of phenolic OH excluding ortho intramolecular Hbond substituents is 2.